The van der Waals surface area contributed by atoms with Crippen LogP contribution in [0.4, 0.5) is 0 Å². The number of hydrogen-bond acceptors (Lipinski definition) is 7. The van der Waals surface area contributed by atoms with E-state index >= 15 is 0 Å². The molecular formula is C26H28N4O6S. The molecule has 2 fully saturated rings. The summed E-state index contributed by atoms with van der Waals surface area (Å²) >= 11 is 0. The third-order valence-corrected chi connectivity index (χ3v) is 9.90. The zero-order chi connectivity index (χ0) is 26.2. The highest BCUT2D eigenvalue weighted by Gasteiger charge is 2.43. The molecule has 2 N–H and O–H groups in total. The smallest absolute Gasteiger partial charge is 0.254 e. The Morgan fingerprint density at radius 1 is 1.19 bits per heavy atom. The number of nitrogens with zero attached hydrogens (tertiary/aromatic N) is 3. The van der Waals surface area contributed by atoms with Gasteiger partial charge in [0.25, 0.3) is 5.91 Å². The molecule has 3 heterocycles. The van der Waals surface area contributed by atoms with Gasteiger partial charge in [-0.05, 0) is 56.9 Å². The van der Waals surface area contributed by atoms with Crippen LogP contribution in [0.3, 0.4) is 0 Å². The third-order valence-electron chi connectivity index (χ3n) is 7.69. The van der Waals surface area contributed by atoms with E-state index in [1.807, 2.05) is 13.0 Å². The molecule has 2 amide bonds. The number of benzene rings is 1. The fourth-order valence-electron chi connectivity index (χ4n) is 5.54. The van der Waals surface area contributed by atoms with Crippen molar-refractivity contribution in [2.24, 2.45) is 5.73 Å². The molecule has 11 heteroatoms. The molecule has 3 aromatic rings. The first-order valence-corrected chi connectivity index (χ1v) is 13.8. The van der Waals surface area contributed by atoms with E-state index in [9.17, 15) is 18.0 Å². The predicted molar refractivity (Wildman–Crippen MR) is 136 cm³/mol. The topological polar surface area (TPSA) is 138 Å². The van der Waals surface area contributed by atoms with Crippen LogP contribution in [0.15, 0.2) is 22.7 Å². The lowest BCUT2D eigenvalue weighted by Crippen LogP contribution is -2.54. The van der Waals surface area contributed by atoms with Gasteiger partial charge in [-0.15, -0.1) is 0 Å². The summed E-state index contributed by atoms with van der Waals surface area (Å²) in [6.45, 7) is 4.59. The van der Waals surface area contributed by atoms with Crippen molar-refractivity contribution >= 4 is 44.4 Å². The number of carbonyl (C=O) groups excluding carboxylic acids is 2. The highest BCUT2D eigenvalue weighted by Crippen LogP contribution is 2.46. The molecule has 0 spiro atoms. The first-order chi connectivity index (χ1) is 17.6. The Balaban J connectivity index is 1.59. The van der Waals surface area contributed by atoms with Crippen molar-refractivity contribution in [2.45, 2.75) is 50.4 Å². The molecular weight excluding hydrogens is 496 g/mol. The maximum Gasteiger partial charge on any atom is 0.254 e. The second kappa shape index (κ2) is 8.29. The van der Waals surface area contributed by atoms with Crippen molar-refractivity contribution in [1.82, 2.24) is 14.0 Å². The lowest BCUT2D eigenvalue weighted by atomic mass is 9.83. The summed E-state index contributed by atoms with van der Waals surface area (Å²) in [7, 11) is -2.20. The number of methoxy groups -OCH3 is 1. The van der Waals surface area contributed by atoms with E-state index in [2.05, 4.69) is 5.16 Å². The zero-order valence-corrected chi connectivity index (χ0v) is 21.7. The molecule has 1 saturated heterocycles. The molecule has 6 rings (SSSR count). The summed E-state index contributed by atoms with van der Waals surface area (Å²) in [6, 6.07) is 5.09. The lowest BCUT2D eigenvalue weighted by molar-refractivity contribution is -0.119. The molecule has 1 aliphatic heterocycles. The highest BCUT2D eigenvalue weighted by atomic mass is 32.2. The maximum atomic E-state index is 13.7. The van der Waals surface area contributed by atoms with Crippen LogP contribution in [0.5, 0.6) is 0 Å². The van der Waals surface area contributed by atoms with Crippen LogP contribution in [0.2, 0.25) is 0 Å². The monoisotopic (exact) mass is 524 g/mol. The summed E-state index contributed by atoms with van der Waals surface area (Å²) in [5.74, 6) is -1.07. The fourth-order valence-corrected chi connectivity index (χ4v) is 7.50. The quantitative estimate of drug-likeness (QED) is 0.523. The van der Waals surface area contributed by atoms with Crippen LogP contribution in [0.1, 0.15) is 63.8 Å². The van der Waals surface area contributed by atoms with Crippen molar-refractivity contribution in [1.29, 1.82) is 0 Å². The molecule has 0 bridgehead atoms. The molecule has 1 aromatic carbocycles. The van der Waals surface area contributed by atoms with Crippen LogP contribution >= 0.6 is 0 Å². The second-order valence-corrected chi connectivity index (χ2v) is 12.2. The standard InChI is InChI=1S/C26H28N4O6S/c1-13-23(14(2)36-28-13)16-8-20-19-7-4-15(26(32)29-11-17(12-29)35-3)10-22(19)30(37(33,34)18-5-6-18)24(20)21(9-16)25(27)31/h4,7-8,10,17-18,21H,5-6,9,11-12H2,1-3H3,(H2,27,31). The van der Waals surface area contributed by atoms with Crippen molar-refractivity contribution in [3.63, 3.8) is 0 Å². The minimum Gasteiger partial charge on any atom is -0.378 e. The lowest BCUT2D eigenvalue weighted by Gasteiger charge is -2.38. The van der Waals surface area contributed by atoms with Gasteiger partial charge >= 0.3 is 0 Å². The summed E-state index contributed by atoms with van der Waals surface area (Å²) < 4.78 is 39.4. The predicted octanol–water partition coefficient (Wildman–Crippen LogP) is 2.57. The average Bonchev–Trinajstić information content (AvgIpc) is 3.57. The Hall–Kier alpha value is -3.44. The van der Waals surface area contributed by atoms with Crippen molar-refractivity contribution in [3.05, 3.63) is 52.0 Å². The van der Waals surface area contributed by atoms with Gasteiger partial charge in [0.05, 0.1) is 34.2 Å². The number of rotatable bonds is 6. The number of primary amides is 1. The van der Waals surface area contributed by atoms with Gasteiger partial charge in [-0.3, -0.25) is 9.59 Å². The van der Waals surface area contributed by atoms with Gasteiger partial charge in [0.2, 0.25) is 15.9 Å². The largest absolute Gasteiger partial charge is 0.378 e. The zero-order valence-electron chi connectivity index (χ0n) is 20.9. The molecule has 2 aliphatic carbocycles. The summed E-state index contributed by atoms with van der Waals surface area (Å²) in [5, 5.41) is 4.16. The van der Waals surface area contributed by atoms with Crippen LogP contribution in [0.25, 0.3) is 22.6 Å². The molecule has 194 valence electrons. The third kappa shape index (κ3) is 3.63. The number of fused-ring (bicyclic) bond motifs is 3. The van der Waals surface area contributed by atoms with E-state index in [0.717, 1.165) is 11.1 Å². The number of aryl methyl sites for hydroxylation is 2. The van der Waals surface area contributed by atoms with Crippen molar-refractivity contribution in [3.8, 4) is 0 Å². The van der Waals surface area contributed by atoms with Gasteiger partial charge in [-0.25, -0.2) is 12.4 Å². The van der Waals surface area contributed by atoms with Gasteiger partial charge in [0.15, 0.2) is 0 Å². The highest BCUT2D eigenvalue weighted by molar-refractivity contribution is 7.91. The van der Waals surface area contributed by atoms with E-state index in [0.29, 0.717) is 65.1 Å². The normalized spacial score (nSPS) is 20.0. The first kappa shape index (κ1) is 23.9. The molecule has 3 aliphatic rings. The number of carbonyl (C=O) groups is 2. The Bertz CT molecular complexity index is 1590. The number of amides is 2. The molecule has 37 heavy (non-hydrogen) atoms. The molecule has 1 atom stereocenters. The van der Waals surface area contributed by atoms with Crippen LogP contribution in [-0.2, 0) is 19.6 Å². The number of hydrogen-bond donors (Lipinski definition) is 1. The molecule has 0 radical (unpaired) electrons. The Morgan fingerprint density at radius 3 is 2.51 bits per heavy atom. The van der Waals surface area contributed by atoms with Gasteiger partial charge in [0, 0.05) is 42.3 Å². The van der Waals surface area contributed by atoms with Crippen molar-refractivity contribution in [2.75, 3.05) is 20.2 Å². The molecule has 1 saturated carbocycles. The number of aromatic nitrogens is 2. The van der Waals surface area contributed by atoms with Gasteiger partial charge in [-0.2, -0.15) is 0 Å². The average molecular weight is 525 g/mol. The van der Waals surface area contributed by atoms with Gasteiger partial charge < -0.3 is 19.9 Å². The van der Waals surface area contributed by atoms with Crippen LogP contribution < -0.4 is 5.73 Å². The molecule has 2 aromatic heterocycles. The van der Waals surface area contributed by atoms with Crippen molar-refractivity contribution < 1.29 is 27.3 Å². The summed E-state index contributed by atoms with van der Waals surface area (Å²) in [5.41, 5.74) is 9.91. The molecule has 1 unspecified atom stereocenters. The van der Waals surface area contributed by atoms with E-state index in [4.69, 9.17) is 15.0 Å². The van der Waals surface area contributed by atoms with Gasteiger partial charge in [0.1, 0.15) is 5.76 Å². The SMILES string of the molecule is COC1CN(C(=O)c2ccc3c4c(n(S(=O)(=O)C5CC5)c3c2)C(C(N)=O)CC(c2c(C)noc2C)=C4)C1. The van der Waals surface area contributed by atoms with E-state index < -0.39 is 27.1 Å². The maximum absolute atomic E-state index is 13.7. The van der Waals surface area contributed by atoms with Gasteiger partial charge in [-0.1, -0.05) is 11.2 Å². The Labute approximate surface area is 214 Å². The van der Waals surface area contributed by atoms with Crippen LogP contribution in [-0.4, -0.2) is 65.8 Å². The second-order valence-electron chi connectivity index (χ2n) is 10.1. The number of likely N-dealkylation sites (tertiary alicyclic amines) is 1. The van der Waals surface area contributed by atoms with E-state index in [1.54, 1.807) is 37.1 Å². The summed E-state index contributed by atoms with van der Waals surface area (Å²) in [4.78, 5) is 27.6. The van der Waals surface area contributed by atoms with Crippen LogP contribution in [0, 0.1) is 13.8 Å². The minimum absolute atomic E-state index is 0.00306. The Morgan fingerprint density at radius 2 is 1.92 bits per heavy atom. The fraction of sp³-hybridized carbons (Fsp3) is 0.423. The number of ether oxygens (including phenoxy) is 1. The number of nitrogens with two attached hydrogens (primary N) is 1. The van der Waals surface area contributed by atoms with E-state index in [-0.39, 0.29) is 18.4 Å². The Kier molecular flexibility index (Phi) is 5.36. The summed E-state index contributed by atoms with van der Waals surface area (Å²) in [6.07, 6.45) is 3.25. The first-order valence-electron chi connectivity index (χ1n) is 12.3. The number of allylic oxidation sites excluding steroid dienone is 1. The molecule has 10 nitrogen and oxygen atoms in total. The van der Waals surface area contributed by atoms with E-state index in [1.165, 1.54) is 3.97 Å². The minimum atomic E-state index is -3.81.